The number of anilines is 2. The number of hydrogen-bond donors (Lipinski definition) is 2. The number of amides is 2. The number of aryl methyl sites for hydroxylation is 1. The van der Waals surface area contributed by atoms with E-state index < -0.39 is 10.0 Å². The summed E-state index contributed by atoms with van der Waals surface area (Å²) in [5.41, 5.74) is 2.43. The molecule has 1 fully saturated rings. The Bertz CT molecular complexity index is 1580. The molecule has 2 heterocycles. The first-order valence-electron chi connectivity index (χ1n) is 11.9. The van der Waals surface area contributed by atoms with Gasteiger partial charge in [-0.3, -0.25) is 19.0 Å². The Morgan fingerprint density at radius 3 is 2.65 bits per heavy atom. The maximum Gasteiger partial charge on any atom is 0.262 e. The summed E-state index contributed by atoms with van der Waals surface area (Å²) in [5.74, 6) is 0.167. The van der Waals surface area contributed by atoms with Crippen molar-refractivity contribution in [3.63, 3.8) is 0 Å². The molecule has 2 N–H and O–H groups in total. The molecule has 2 aliphatic rings. The minimum Gasteiger partial charge on any atom is -0.331 e. The van der Waals surface area contributed by atoms with Crippen LogP contribution in [-0.4, -0.2) is 41.0 Å². The van der Waals surface area contributed by atoms with Gasteiger partial charge in [0.15, 0.2) is 5.82 Å². The zero-order valence-electron chi connectivity index (χ0n) is 20.6. The molecule has 37 heavy (non-hydrogen) atoms. The minimum atomic E-state index is -4.21. The molecule has 0 bridgehead atoms. The highest BCUT2D eigenvalue weighted by Crippen LogP contribution is 2.41. The quantitative estimate of drug-likeness (QED) is 0.491. The van der Waals surface area contributed by atoms with Gasteiger partial charge >= 0.3 is 0 Å². The smallest absolute Gasteiger partial charge is 0.262 e. The van der Waals surface area contributed by atoms with Crippen LogP contribution in [0.1, 0.15) is 48.2 Å². The summed E-state index contributed by atoms with van der Waals surface area (Å²) >= 11 is 0. The summed E-state index contributed by atoms with van der Waals surface area (Å²) in [6, 6.07) is 13.1. The fourth-order valence-corrected chi connectivity index (χ4v) is 6.12. The summed E-state index contributed by atoms with van der Waals surface area (Å²) < 4.78 is 31.5. The van der Waals surface area contributed by atoms with Crippen molar-refractivity contribution in [2.24, 2.45) is 13.0 Å². The van der Waals surface area contributed by atoms with E-state index in [1.54, 1.807) is 40.9 Å². The Kier molecular flexibility index (Phi) is 6.00. The van der Waals surface area contributed by atoms with Crippen molar-refractivity contribution < 1.29 is 18.0 Å². The SMILES string of the molecule is CC(=O)Nc1cc(-c2cc3c(c(S(=O)(=O)Nc4cccc(C#N)c4)c2)C(=O)N([C@@H](C)C2CC2)C3)n(C)n1. The zero-order valence-corrected chi connectivity index (χ0v) is 21.5. The van der Waals surface area contributed by atoms with E-state index in [2.05, 4.69) is 15.1 Å². The summed E-state index contributed by atoms with van der Waals surface area (Å²) in [4.78, 5) is 26.7. The monoisotopic (exact) mass is 518 g/mol. The molecule has 190 valence electrons. The average molecular weight is 519 g/mol. The summed E-state index contributed by atoms with van der Waals surface area (Å²) in [6.45, 7) is 3.69. The second-order valence-corrected chi connectivity index (χ2v) is 11.2. The Labute approximate surface area is 214 Å². The molecule has 0 radical (unpaired) electrons. The van der Waals surface area contributed by atoms with Crippen molar-refractivity contribution >= 4 is 33.3 Å². The molecule has 0 saturated heterocycles. The van der Waals surface area contributed by atoms with E-state index in [4.69, 9.17) is 0 Å². The fraction of sp³-hybridized carbons (Fsp3) is 0.308. The first kappa shape index (κ1) is 24.5. The average Bonchev–Trinajstić information content (AvgIpc) is 3.56. The number of nitrogens with one attached hydrogen (secondary N) is 2. The highest BCUT2D eigenvalue weighted by Gasteiger charge is 2.41. The normalized spacial score (nSPS) is 15.7. The molecule has 10 nitrogen and oxygen atoms in total. The van der Waals surface area contributed by atoms with Gasteiger partial charge in [0.1, 0.15) is 4.90 Å². The standard InChI is InChI=1S/C26H26N6O4S/c1-15(18-7-8-18)32-14-20-10-19(22-12-24(28-16(2)33)29-31(22)3)11-23(25(20)26(32)34)37(35,36)30-21-6-4-5-17(9-21)13-27/h4-6,9-12,15,18,30H,7-8,14H2,1-3H3,(H,28,29,33)/t15-/m0/s1. The van der Waals surface area contributed by atoms with Crippen LogP contribution in [0.2, 0.25) is 0 Å². The molecular formula is C26H26N6O4S. The number of carbonyl (C=O) groups is 2. The van der Waals surface area contributed by atoms with Crippen molar-refractivity contribution in [1.82, 2.24) is 14.7 Å². The Morgan fingerprint density at radius 2 is 1.97 bits per heavy atom. The van der Waals surface area contributed by atoms with E-state index in [1.165, 1.54) is 19.1 Å². The predicted molar refractivity (Wildman–Crippen MR) is 137 cm³/mol. The van der Waals surface area contributed by atoms with Crippen molar-refractivity contribution in [3.05, 3.63) is 59.2 Å². The molecule has 0 unspecified atom stereocenters. The third-order valence-electron chi connectivity index (χ3n) is 6.81. The largest absolute Gasteiger partial charge is 0.331 e. The molecule has 1 aromatic heterocycles. The molecule has 5 rings (SSSR count). The van der Waals surface area contributed by atoms with Crippen LogP contribution in [0.4, 0.5) is 11.5 Å². The van der Waals surface area contributed by atoms with Crippen molar-refractivity contribution in [2.45, 2.75) is 44.2 Å². The van der Waals surface area contributed by atoms with Gasteiger partial charge in [0.2, 0.25) is 5.91 Å². The second kappa shape index (κ2) is 9.05. The second-order valence-electron chi connectivity index (χ2n) is 9.54. The molecule has 1 saturated carbocycles. The lowest BCUT2D eigenvalue weighted by Gasteiger charge is -2.24. The van der Waals surface area contributed by atoms with Gasteiger partial charge in [0, 0.05) is 38.2 Å². The summed E-state index contributed by atoms with van der Waals surface area (Å²) in [6.07, 6.45) is 2.10. The molecule has 2 amide bonds. The number of benzene rings is 2. The predicted octanol–water partition coefficient (Wildman–Crippen LogP) is 3.47. The van der Waals surface area contributed by atoms with Crippen molar-refractivity contribution in [1.29, 1.82) is 5.26 Å². The van der Waals surface area contributed by atoms with Gasteiger partial charge in [0.05, 0.1) is 28.6 Å². The van der Waals surface area contributed by atoms with Crippen LogP contribution in [0, 0.1) is 17.2 Å². The third-order valence-corrected chi connectivity index (χ3v) is 8.21. The molecule has 11 heteroatoms. The Morgan fingerprint density at radius 1 is 1.22 bits per heavy atom. The maximum absolute atomic E-state index is 13.7. The van der Waals surface area contributed by atoms with Crippen LogP contribution < -0.4 is 10.0 Å². The number of hydrogen-bond acceptors (Lipinski definition) is 6. The first-order chi connectivity index (χ1) is 17.6. The van der Waals surface area contributed by atoms with Gasteiger partial charge in [0.25, 0.3) is 15.9 Å². The van der Waals surface area contributed by atoms with Crippen LogP contribution in [0.3, 0.4) is 0 Å². The van der Waals surface area contributed by atoms with Crippen molar-refractivity contribution in [2.75, 3.05) is 10.0 Å². The van der Waals surface area contributed by atoms with E-state index in [0.717, 1.165) is 12.8 Å². The molecule has 1 aliphatic heterocycles. The molecule has 2 aromatic carbocycles. The third kappa shape index (κ3) is 4.68. The highest BCUT2D eigenvalue weighted by molar-refractivity contribution is 7.92. The van der Waals surface area contributed by atoms with Crippen LogP contribution in [0.25, 0.3) is 11.3 Å². The molecule has 3 aromatic rings. The maximum atomic E-state index is 13.7. The number of carbonyl (C=O) groups excluding carboxylic acids is 2. The van der Waals surface area contributed by atoms with Crippen LogP contribution >= 0.6 is 0 Å². The van der Waals surface area contributed by atoms with Crippen LogP contribution in [0.15, 0.2) is 47.4 Å². The highest BCUT2D eigenvalue weighted by atomic mass is 32.2. The van der Waals surface area contributed by atoms with Crippen molar-refractivity contribution in [3.8, 4) is 17.3 Å². The number of nitriles is 1. The lowest BCUT2D eigenvalue weighted by atomic mass is 10.0. The molecule has 1 atom stereocenters. The first-order valence-corrected chi connectivity index (χ1v) is 13.4. The van der Waals surface area contributed by atoms with Gasteiger partial charge in [-0.1, -0.05) is 6.07 Å². The van der Waals surface area contributed by atoms with Gasteiger partial charge in [-0.2, -0.15) is 10.4 Å². The lowest BCUT2D eigenvalue weighted by molar-refractivity contribution is -0.114. The fourth-order valence-electron chi connectivity index (χ4n) is 4.80. The number of sulfonamides is 1. The van der Waals surface area contributed by atoms with Crippen LogP contribution in [-0.2, 0) is 28.4 Å². The van der Waals surface area contributed by atoms with E-state index in [-0.39, 0.29) is 34.0 Å². The van der Waals surface area contributed by atoms with Gasteiger partial charge in [-0.15, -0.1) is 0 Å². The van der Waals surface area contributed by atoms with E-state index in [9.17, 15) is 23.3 Å². The summed E-state index contributed by atoms with van der Waals surface area (Å²) in [5, 5.41) is 16.1. The van der Waals surface area contributed by atoms with Gasteiger partial charge in [-0.25, -0.2) is 8.42 Å². The van der Waals surface area contributed by atoms with E-state index in [1.807, 2.05) is 19.1 Å². The van der Waals surface area contributed by atoms with Gasteiger partial charge < -0.3 is 10.2 Å². The Hall–Kier alpha value is -4.17. The minimum absolute atomic E-state index is 0.00208. The number of aromatic nitrogens is 2. The summed E-state index contributed by atoms with van der Waals surface area (Å²) in [7, 11) is -2.52. The molecule has 0 spiro atoms. The molecule has 1 aliphatic carbocycles. The molecular weight excluding hydrogens is 492 g/mol. The van der Waals surface area contributed by atoms with Gasteiger partial charge in [-0.05, 0) is 61.6 Å². The number of nitrogens with zero attached hydrogens (tertiary/aromatic N) is 4. The zero-order chi connectivity index (χ0) is 26.5. The lowest BCUT2D eigenvalue weighted by Crippen LogP contribution is -2.35. The van der Waals surface area contributed by atoms with E-state index in [0.29, 0.717) is 40.7 Å². The van der Waals surface area contributed by atoms with Crippen LogP contribution in [0.5, 0.6) is 0 Å². The van der Waals surface area contributed by atoms with E-state index >= 15 is 0 Å². The number of rotatable bonds is 7. The topological polar surface area (TPSA) is 137 Å². The Balaban J connectivity index is 1.63. The number of fused-ring (bicyclic) bond motifs is 1.